The quantitative estimate of drug-likeness (QED) is 0.440. The third kappa shape index (κ3) is 2.13. The van der Waals surface area contributed by atoms with Crippen LogP contribution in [-0.2, 0) is 4.84 Å². The maximum atomic E-state index is 13.0. The van der Waals surface area contributed by atoms with Crippen molar-refractivity contribution in [1.29, 1.82) is 0 Å². The minimum absolute atomic E-state index is 0.178. The first-order chi connectivity index (χ1) is 11.6. The van der Waals surface area contributed by atoms with Gasteiger partial charge < -0.3 is 4.84 Å². The third-order valence-corrected chi connectivity index (χ3v) is 4.59. The van der Waals surface area contributed by atoms with Crippen molar-refractivity contribution in [3.8, 4) is 5.69 Å². The second kappa shape index (κ2) is 5.62. The van der Waals surface area contributed by atoms with Crippen LogP contribution in [-0.4, -0.2) is 22.4 Å². The molecule has 0 unspecified atom stereocenters. The van der Waals surface area contributed by atoms with Gasteiger partial charge in [-0.15, -0.1) is 0 Å². The van der Waals surface area contributed by atoms with Crippen molar-refractivity contribution in [2.24, 2.45) is 10.3 Å². The Labute approximate surface area is 146 Å². The molecular formula is C16H11ClN4O2S. The summed E-state index contributed by atoms with van der Waals surface area (Å²) in [6.45, 7) is 0. The van der Waals surface area contributed by atoms with Crippen LogP contribution in [0.4, 0.5) is 0 Å². The van der Waals surface area contributed by atoms with Crippen LogP contribution in [0.1, 0.15) is 11.4 Å². The Hall–Kier alpha value is -2.35. The molecule has 4 rings (SSSR count). The molecule has 0 radical (unpaired) electrons. The molecule has 1 aromatic heterocycles. The molecule has 1 aliphatic rings. The molecule has 0 aliphatic carbocycles. The molecule has 0 bridgehead atoms. The summed E-state index contributed by atoms with van der Waals surface area (Å²) in [6, 6.07) is 10.6. The zero-order valence-corrected chi connectivity index (χ0v) is 14.1. The molecule has 2 N–H and O–H groups in total. The predicted molar refractivity (Wildman–Crippen MR) is 95.0 cm³/mol. The van der Waals surface area contributed by atoms with E-state index in [4.69, 9.17) is 21.6 Å². The third-order valence-electron chi connectivity index (χ3n) is 3.83. The SMILES string of the molecule is CO/N=C1\c2cc(SN)ccc2-n2c1nc1cc(Cl)ccc1c2=O. The van der Waals surface area contributed by atoms with Crippen LogP contribution >= 0.6 is 23.5 Å². The van der Waals surface area contributed by atoms with Gasteiger partial charge >= 0.3 is 0 Å². The zero-order chi connectivity index (χ0) is 16.8. The van der Waals surface area contributed by atoms with Gasteiger partial charge in [0.15, 0.2) is 11.5 Å². The van der Waals surface area contributed by atoms with Crippen LogP contribution in [0, 0.1) is 0 Å². The lowest BCUT2D eigenvalue weighted by molar-refractivity contribution is 0.214. The Morgan fingerprint density at radius 2 is 2.12 bits per heavy atom. The lowest BCUT2D eigenvalue weighted by Gasteiger charge is -2.06. The average Bonchev–Trinajstić information content (AvgIpc) is 2.88. The lowest BCUT2D eigenvalue weighted by atomic mass is 10.1. The summed E-state index contributed by atoms with van der Waals surface area (Å²) < 4.78 is 1.54. The molecule has 0 amide bonds. The van der Waals surface area contributed by atoms with Gasteiger partial charge in [0.2, 0.25) is 0 Å². The highest BCUT2D eigenvalue weighted by atomic mass is 35.5. The van der Waals surface area contributed by atoms with Crippen molar-refractivity contribution in [1.82, 2.24) is 9.55 Å². The Morgan fingerprint density at radius 3 is 2.88 bits per heavy atom. The van der Waals surface area contributed by atoms with Crippen molar-refractivity contribution in [2.75, 3.05) is 7.11 Å². The maximum absolute atomic E-state index is 13.0. The van der Waals surface area contributed by atoms with Crippen LogP contribution in [0.2, 0.25) is 5.02 Å². The highest BCUT2D eigenvalue weighted by Gasteiger charge is 2.29. The first kappa shape index (κ1) is 15.2. The molecule has 2 aromatic carbocycles. The van der Waals surface area contributed by atoms with Crippen LogP contribution in [0.25, 0.3) is 16.6 Å². The number of aromatic nitrogens is 2. The summed E-state index contributed by atoms with van der Waals surface area (Å²) in [5, 5.41) is 10.7. The largest absolute Gasteiger partial charge is 0.399 e. The van der Waals surface area contributed by atoms with Crippen molar-refractivity contribution in [2.45, 2.75) is 4.90 Å². The van der Waals surface area contributed by atoms with E-state index >= 15 is 0 Å². The molecule has 1 aliphatic heterocycles. The summed E-state index contributed by atoms with van der Waals surface area (Å²) in [5.74, 6) is 0.422. The van der Waals surface area contributed by atoms with E-state index in [0.717, 1.165) is 22.4 Å². The highest BCUT2D eigenvalue weighted by molar-refractivity contribution is 7.97. The summed E-state index contributed by atoms with van der Waals surface area (Å²) in [6.07, 6.45) is 0. The van der Waals surface area contributed by atoms with Crippen LogP contribution in [0.5, 0.6) is 0 Å². The van der Waals surface area contributed by atoms with E-state index in [0.29, 0.717) is 33.1 Å². The highest BCUT2D eigenvalue weighted by Crippen LogP contribution is 2.30. The van der Waals surface area contributed by atoms with Gasteiger partial charge in [-0.05, 0) is 48.3 Å². The summed E-state index contributed by atoms with van der Waals surface area (Å²) in [7, 11) is 1.45. The van der Waals surface area contributed by atoms with Gasteiger partial charge in [-0.25, -0.2) is 4.98 Å². The van der Waals surface area contributed by atoms with E-state index < -0.39 is 0 Å². The number of rotatable bonds is 2. The number of hydrogen-bond donors (Lipinski definition) is 1. The predicted octanol–water partition coefficient (Wildman–Crippen LogP) is 2.72. The van der Waals surface area contributed by atoms with E-state index in [9.17, 15) is 4.79 Å². The van der Waals surface area contributed by atoms with Gasteiger partial charge in [0.05, 0.1) is 16.6 Å². The molecule has 0 fully saturated rings. The fraction of sp³-hybridized carbons (Fsp3) is 0.0625. The Balaban J connectivity index is 2.12. The molecule has 24 heavy (non-hydrogen) atoms. The van der Waals surface area contributed by atoms with Crippen LogP contribution < -0.4 is 10.7 Å². The average molecular weight is 359 g/mol. The van der Waals surface area contributed by atoms with E-state index in [1.807, 2.05) is 18.2 Å². The number of nitrogens with two attached hydrogens (primary N) is 1. The van der Waals surface area contributed by atoms with Gasteiger partial charge in [-0.1, -0.05) is 16.8 Å². The molecule has 0 atom stereocenters. The van der Waals surface area contributed by atoms with Crippen molar-refractivity contribution in [3.63, 3.8) is 0 Å². The van der Waals surface area contributed by atoms with Gasteiger partial charge in [-0.2, -0.15) is 0 Å². The van der Waals surface area contributed by atoms with Gasteiger partial charge in [-0.3, -0.25) is 14.5 Å². The number of benzene rings is 2. The Bertz CT molecular complexity index is 1080. The lowest BCUT2D eigenvalue weighted by Crippen LogP contribution is -2.21. The van der Waals surface area contributed by atoms with Gasteiger partial charge in [0.1, 0.15) is 7.11 Å². The van der Waals surface area contributed by atoms with E-state index in [2.05, 4.69) is 10.1 Å². The summed E-state index contributed by atoms with van der Waals surface area (Å²) >= 11 is 7.15. The van der Waals surface area contributed by atoms with E-state index in [1.165, 1.54) is 11.7 Å². The number of fused-ring (bicyclic) bond motifs is 4. The number of oxime groups is 1. The molecule has 120 valence electrons. The molecule has 2 heterocycles. The maximum Gasteiger partial charge on any atom is 0.266 e. The standard InChI is InChI=1S/C16H11ClN4O2S/c1-23-20-14-11-7-9(24-18)3-5-13(11)21-15(14)19-12-6-8(17)2-4-10(12)16(21)22/h2-7H,18H2,1H3/b20-14+. The minimum atomic E-state index is -0.178. The Morgan fingerprint density at radius 1 is 1.29 bits per heavy atom. The number of nitrogens with zero attached hydrogens (tertiary/aromatic N) is 3. The van der Waals surface area contributed by atoms with Crippen LogP contribution in [0.15, 0.2) is 51.2 Å². The fourth-order valence-electron chi connectivity index (χ4n) is 2.82. The summed E-state index contributed by atoms with van der Waals surface area (Å²) in [5.41, 5.74) is 2.28. The molecule has 0 saturated heterocycles. The van der Waals surface area contributed by atoms with Crippen molar-refractivity contribution >= 4 is 40.2 Å². The molecule has 6 nitrogen and oxygen atoms in total. The summed E-state index contributed by atoms with van der Waals surface area (Å²) in [4.78, 5) is 23.3. The van der Waals surface area contributed by atoms with Gasteiger partial charge in [0, 0.05) is 15.5 Å². The zero-order valence-electron chi connectivity index (χ0n) is 12.5. The molecule has 8 heteroatoms. The first-order valence-corrected chi connectivity index (χ1v) is 8.25. The topological polar surface area (TPSA) is 82.5 Å². The van der Waals surface area contributed by atoms with Crippen LogP contribution in [0.3, 0.4) is 0 Å². The second-order valence-corrected chi connectivity index (χ2v) is 6.30. The molecular weight excluding hydrogens is 348 g/mol. The molecule has 0 spiro atoms. The monoisotopic (exact) mass is 358 g/mol. The smallest absolute Gasteiger partial charge is 0.266 e. The van der Waals surface area contributed by atoms with E-state index in [1.54, 1.807) is 18.2 Å². The normalized spacial score (nSPS) is 14.0. The molecule has 0 saturated carbocycles. The second-order valence-electron chi connectivity index (χ2n) is 5.16. The number of hydrogen-bond acceptors (Lipinski definition) is 6. The van der Waals surface area contributed by atoms with Crippen molar-refractivity contribution < 1.29 is 4.84 Å². The first-order valence-electron chi connectivity index (χ1n) is 6.99. The fourth-order valence-corrected chi connectivity index (χ4v) is 3.31. The van der Waals surface area contributed by atoms with E-state index in [-0.39, 0.29) is 5.56 Å². The number of halogens is 1. The van der Waals surface area contributed by atoms with Gasteiger partial charge in [0.25, 0.3) is 5.56 Å². The Kier molecular flexibility index (Phi) is 3.56. The minimum Gasteiger partial charge on any atom is -0.399 e. The molecule has 3 aromatic rings. The van der Waals surface area contributed by atoms with Crippen molar-refractivity contribution in [3.05, 3.63) is 63.2 Å².